The first-order valence-corrected chi connectivity index (χ1v) is 9.34. The smallest absolute Gasteiger partial charge is 0.416 e. The van der Waals surface area contributed by atoms with Gasteiger partial charge in [-0.2, -0.15) is 13.2 Å². The summed E-state index contributed by atoms with van der Waals surface area (Å²) in [6.45, 7) is 6.15. The number of hydrogen-bond donors (Lipinski definition) is 0. The minimum atomic E-state index is -4.52. The molecule has 0 aromatic heterocycles. The highest BCUT2D eigenvalue weighted by Crippen LogP contribution is 2.37. The first-order valence-electron chi connectivity index (χ1n) is 8.55. The van der Waals surface area contributed by atoms with Crippen molar-refractivity contribution in [1.82, 2.24) is 9.80 Å². The SMILES string of the molecule is CC(C)(C)OC(=O)N1CCN2C(=O)c3cc(C(F)(F)F)cc(Br)c3C[C@@H]2C1. The summed E-state index contributed by atoms with van der Waals surface area (Å²) in [5.74, 6) is -0.433. The molecular formula is C18H20BrF3N2O3. The van der Waals surface area contributed by atoms with Gasteiger partial charge in [-0.1, -0.05) is 15.9 Å². The van der Waals surface area contributed by atoms with E-state index in [4.69, 9.17) is 4.74 Å². The van der Waals surface area contributed by atoms with Crippen molar-refractivity contribution in [1.29, 1.82) is 0 Å². The van der Waals surface area contributed by atoms with Gasteiger partial charge >= 0.3 is 12.3 Å². The third-order valence-corrected chi connectivity index (χ3v) is 5.30. The maximum absolute atomic E-state index is 13.1. The minimum absolute atomic E-state index is 0.0682. The summed E-state index contributed by atoms with van der Waals surface area (Å²) < 4.78 is 44.8. The number of carbonyl (C=O) groups is 2. The van der Waals surface area contributed by atoms with Crippen molar-refractivity contribution >= 4 is 27.9 Å². The lowest BCUT2D eigenvalue weighted by Gasteiger charge is -2.44. The Morgan fingerprint density at radius 3 is 2.48 bits per heavy atom. The normalized spacial score (nSPS) is 20.3. The fourth-order valence-electron chi connectivity index (χ4n) is 3.38. The van der Waals surface area contributed by atoms with Crippen molar-refractivity contribution in [3.63, 3.8) is 0 Å². The topological polar surface area (TPSA) is 49.9 Å². The lowest BCUT2D eigenvalue weighted by molar-refractivity contribution is -0.137. The zero-order valence-corrected chi connectivity index (χ0v) is 16.8. The van der Waals surface area contributed by atoms with Crippen LogP contribution >= 0.6 is 15.9 Å². The van der Waals surface area contributed by atoms with Crippen LogP contribution in [-0.2, 0) is 17.3 Å². The van der Waals surface area contributed by atoms with Crippen LogP contribution in [0.1, 0.15) is 42.3 Å². The number of alkyl halides is 3. The summed E-state index contributed by atoms with van der Waals surface area (Å²) >= 11 is 3.18. The Labute approximate surface area is 163 Å². The molecule has 2 aliphatic rings. The van der Waals surface area contributed by atoms with Gasteiger partial charge in [0.2, 0.25) is 0 Å². The van der Waals surface area contributed by atoms with Crippen LogP contribution in [0.3, 0.4) is 0 Å². The van der Waals surface area contributed by atoms with Crippen LogP contribution < -0.4 is 0 Å². The molecule has 9 heteroatoms. The molecule has 5 nitrogen and oxygen atoms in total. The zero-order chi connectivity index (χ0) is 20.1. The monoisotopic (exact) mass is 448 g/mol. The first kappa shape index (κ1) is 20.0. The third-order valence-electron chi connectivity index (χ3n) is 4.59. The molecular weight excluding hydrogens is 429 g/mol. The fourth-order valence-corrected chi connectivity index (χ4v) is 4.00. The van der Waals surface area contributed by atoms with Crippen LogP contribution in [0.5, 0.6) is 0 Å². The van der Waals surface area contributed by atoms with Gasteiger partial charge in [0.25, 0.3) is 5.91 Å². The molecule has 148 valence electrons. The molecule has 0 spiro atoms. The van der Waals surface area contributed by atoms with Gasteiger partial charge in [0.15, 0.2) is 0 Å². The average Bonchev–Trinajstić information content (AvgIpc) is 2.53. The van der Waals surface area contributed by atoms with Gasteiger partial charge in [0, 0.05) is 29.7 Å². The van der Waals surface area contributed by atoms with Gasteiger partial charge in [0.1, 0.15) is 5.60 Å². The number of rotatable bonds is 0. The summed E-state index contributed by atoms with van der Waals surface area (Å²) in [7, 11) is 0. The van der Waals surface area contributed by atoms with E-state index in [1.807, 2.05) is 0 Å². The van der Waals surface area contributed by atoms with Crippen molar-refractivity contribution in [2.45, 2.75) is 45.0 Å². The van der Waals surface area contributed by atoms with Gasteiger partial charge in [-0.05, 0) is 44.9 Å². The number of fused-ring (bicyclic) bond motifs is 2. The highest BCUT2D eigenvalue weighted by molar-refractivity contribution is 9.10. The third kappa shape index (κ3) is 4.07. The van der Waals surface area contributed by atoms with E-state index in [0.717, 1.165) is 12.1 Å². The van der Waals surface area contributed by atoms with E-state index in [1.165, 1.54) is 0 Å². The minimum Gasteiger partial charge on any atom is -0.444 e. The summed E-state index contributed by atoms with van der Waals surface area (Å²) in [4.78, 5) is 28.2. The first-order chi connectivity index (χ1) is 12.4. The Balaban J connectivity index is 1.85. The lowest BCUT2D eigenvalue weighted by atomic mass is 9.90. The highest BCUT2D eigenvalue weighted by atomic mass is 79.9. The van der Waals surface area contributed by atoms with Gasteiger partial charge < -0.3 is 14.5 Å². The Bertz CT molecular complexity index is 789. The van der Waals surface area contributed by atoms with E-state index in [0.29, 0.717) is 12.0 Å². The van der Waals surface area contributed by atoms with E-state index < -0.39 is 29.3 Å². The molecule has 0 aliphatic carbocycles. The molecule has 0 bridgehead atoms. The largest absolute Gasteiger partial charge is 0.444 e. The predicted octanol–water partition coefficient (Wildman–Crippen LogP) is 4.09. The van der Waals surface area contributed by atoms with E-state index in [-0.39, 0.29) is 35.7 Å². The van der Waals surface area contributed by atoms with Crippen LogP contribution in [0.2, 0.25) is 0 Å². The number of hydrogen-bond acceptors (Lipinski definition) is 3. The number of amides is 2. The molecule has 2 aliphatic heterocycles. The second-order valence-corrected chi connectivity index (χ2v) is 8.62. The van der Waals surface area contributed by atoms with E-state index in [2.05, 4.69) is 15.9 Å². The molecule has 27 heavy (non-hydrogen) atoms. The number of benzene rings is 1. The quantitative estimate of drug-likeness (QED) is 0.600. The van der Waals surface area contributed by atoms with Crippen LogP contribution in [0.4, 0.5) is 18.0 Å². The number of piperazine rings is 1. The van der Waals surface area contributed by atoms with Gasteiger partial charge in [0.05, 0.1) is 11.6 Å². The Kier molecular flexibility index (Phi) is 4.95. The standard InChI is InChI=1S/C18H20BrF3N2O3/c1-17(2,3)27-16(26)23-4-5-24-11(9-23)8-12-13(15(24)25)6-10(7-14(12)19)18(20,21)22/h6-7,11H,4-5,8-9H2,1-3H3/t11-/m1/s1. The molecule has 1 aromatic carbocycles. The van der Waals surface area contributed by atoms with Crippen molar-refractivity contribution < 1.29 is 27.5 Å². The molecule has 2 heterocycles. The van der Waals surface area contributed by atoms with Crippen molar-refractivity contribution in [2.75, 3.05) is 19.6 Å². The number of nitrogens with zero attached hydrogens (tertiary/aromatic N) is 2. The van der Waals surface area contributed by atoms with Gasteiger partial charge in [-0.15, -0.1) is 0 Å². The molecule has 1 saturated heterocycles. The Morgan fingerprint density at radius 1 is 1.22 bits per heavy atom. The van der Waals surface area contributed by atoms with Crippen molar-refractivity contribution in [3.8, 4) is 0 Å². The summed E-state index contributed by atoms with van der Waals surface area (Å²) in [5.41, 5.74) is -0.869. The number of carbonyl (C=O) groups excluding carboxylic acids is 2. The number of ether oxygens (including phenoxy) is 1. The van der Waals surface area contributed by atoms with Crippen LogP contribution in [0, 0.1) is 0 Å². The van der Waals surface area contributed by atoms with E-state index in [1.54, 1.807) is 30.6 Å². The second kappa shape index (κ2) is 6.68. The van der Waals surface area contributed by atoms with Crippen LogP contribution in [-0.4, -0.2) is 53.1 Å². The van der Waals surface area contributed by atoms with Crippen molar-refractivity contribution in [2.24, 2.45) is 0 Å². The fraction of sp³-hybridized carbons (Fsp3) is 0.556. The molecule has 0 N–H and O–H groups in total. The molecule has 0 saturated carbocycles. The molecule has 2 amide bonds. The summed E-state index contributed by atoms with van der Waals surface area (Å²) in [6, 6.07) is 1.62. The molecule has 1 aromatic rings. The highest BCUT2D eigenvalue weighted by Gasteiger charge is 2.41. The van der Waals surface area contributed by atoms with Gasteiger partial charge in [-0.3, -0.25) is 4.79 Å². The Hall–Kier alpha value is -1.77. The molecule has 0 unspecified atom stereocenters. The number of halogens is 4. The van der Waals surface area contributed by atoms with Crippen LogP contribution in [0.25, 0.3) is 0 Å². The van der Waals surface area contributed by atoms with Gasteiger partial charge in [-0.25, -0.2) is 4.79 Å². The molecule has 0 radical (unpaired) electrons. The average molecular weight is 449 g/mol. The predicted molar refractivity (Wildman–Crippen MR) is 95.5 cm³/mol. The molecule has 1 fully saturated rings. The Morgan fingerprint density at radius 2 is 1.89 bits per heavy atom. The summed E-state index contributed by atoms with van der Waals surface area (Å²) in [5, 5.41) is 0. The molecule has 1 atom stereocenters. The summed E-state index contributed by atoms with van der Waals surface area (Å²) in [6.07, 6.45) is -4.60. The van der Waals surface area contributed by atoms with Crippen molar-refractivity contribution in [3.05, 3.63) is 33.3 Å². The van der Waals surface area contributed by atoms with Crippen LogP contribution in [0.15, 0.2) is 16.6 Å². The zero-order valence-electron chi connectivity index (χ0n) is 15.2. The molecule has 3 rings (SSSR count). The maximum Gasteiger partial charge on any atom is 0.416 e. The lowest BCUT2D eigenvalue weighted by Crippen LogP contribution is -2.59. The van der Waals surface area contributed by atoms with E-state index >= 15 is 0 Å². The van der Waals surface area contributed by atoms with E-state index in [9.17, 15) is 22.8 Å². The second-order valence-electron chi connectivity index (χ2n) is 7.76. The maximum atomic E-state index is 13.1.